The van der Waals surface area contributed by atoms with E-state index in [1.807, 2.05) is 0 Å². The van der Waals surface area contributed by atoms with E-state index in [1.165, 1.54) is 30.3 Å². The molecule has 0 unspecified atom stereocenters. The molecule has 2 aromatic carbocycles. The van der Waals surface area contributed by atoms with E-state index >= 15 is 0 Å². The van der Waals surface area contributed by atoms with Gasteiger partial charge in [-0.1, -0.05) is 12.1 Å². The molecule has 1 amide bonds. The summed E-state index contributed by atoms with van der Waals surface area (Å²) in [7, 11) is 0. The number of rotatable bonds is 10. The molecule has 0 aliphatic heterocycles. The van der Waals surface area contributed by atoms with Crippen molar-refractivity contribution in [2.75, 3.05) is 6.61 Å². The standard InChI is InChI=1S/C23H22F3N3O4/c24-16-3-1-2-14(8-16)11-28-21(30)20-19(10-27)32-22(29-20)15-6-7-17(33-23(25)26)18(9-15)31-12-13-4-5-13/h1-3,6-9,13,23H,4-5,10-12,27H2,(H,28,30). The van der Waals surface area contributed by atoms with Crippen molar-refractivity contribution in [3.8, 4) is 23.0 Å². The molecular weight excluding hydrogens is 439 g/mol. The van der Waals surface area contributed by atoms with Crippen LogP contribution in [0.4, 0.5) is 13.2 Å². The summed E-state index contributed by atoms with van der Waals surface area (Å²) in [4.78, 5) is 16.9. The molecule has 1 aromatic heterocycles. The second-order valence-corrected chi connectivity index (χ2v) is 7.60. The Kier molecular flexibility index (Phi) is 6.83. The molecule has 0 bridgehead atoms. The highest BCUT2D eigenvalue weighted by Gasteiger charge is 2.24. The van der Waals surface area contributed by atoms with Crippen LogP contribution < -0.4 is 20.5 Å². The first kappa shape index (κ1) is 22.7. The normalized spacial score (nSPS) is 13.2. The summed E-state index contributed by atoms with van der Waals surface area (Å²) in [5, 5.41) is 2.65. The van der Waals surface area contributed by atoms with E-state index in [0.29, 0.717) is 23.7 Å². The average Bonchev–Trinajstić information content (AvgIpc) is 3.52. The molecule has 4 rings (SSSR count). The van der Waals surface area contributed by atoms with Crippen LogP contribution in [0.15, 0.2) is 46.9 Å². The Hall–Kier alpha value is -3.53. The van der Waals surface area contributed by atoms with Gasteiger partial charge in [-0.3, -0.25) is 4.79 Å². The number of amides is 1. The summed E-state index contributed by atoms with van der Waals surface area (Å²) in [6, 6.07) is 10.1. The Labute approximate surface area is 187 Å². The third kappa shape index (κ3) is 5.83. The van der Waals surface area contributed by atoms with Crippen molar-refractivity contribution < 1.29 is 31.9 Å². The van der Waals surface area contributed by atoms with E-state index in [1.54, 1.807) is 12.1 Å². The molecule has 33 heavy (non-hydrogen) atoms. The summed E-state index contributed by atoms with van der Waals surface area (Å²) in [5.41, 5.74) is 6.68. The maximum absolute atomic E-state index is 13.3. The number of halogens is 3. The average molecular weight is 461 g/mol. The van der Waals surface area contributed by atoms with Crippen molar-refractivity contribution in [1.29, 1.82) is 0 Å². The lowest BCUT2D eigenvalue weighted by Crippen LogP contribution is -2.24. The molecule has 3 N–H and O–H groups in total. The minimum atomic E-state index is -3.00. The van der Waals surface area contributed by atoms with Crippen molar-refractivity contribution in [3.63, 3.8) is 0 Å². The fraction of sp³-hybridized carbons (Fsp3) is 0.304. The summed E-state index contributed by atoms with van der Waals surface area (Å²) >= 11 is 0. The highest BCUT2D eigenvalue weighted by atomic mass is 19.3. The summed E-state index contributed by atoms with van der Waals surface area (Å²) in [6.07, 6.45) is 2.05. The third-order valence-electron chi connectivity index (χ3n) is 5.02. The minimum Gasteiger partial charge on any atom is -0.489 e. The van der Waals surface area contributed by atoms with E-state index in [4.69, 9.17) is 14.9 Å². The molecule has 1 fully saturated rings. The maximum atomic E-state index is 13.3. The van der Waals surface area contributed by atoms with Gasteiger partial charge >= 0.3 is 6.61 Å². The molecule has 1 saturated carbocycles. The smallest absolute Gasteiger partial charge is 0.387 e. The van der Waals surface area contributed by atoms with Crippen LogP contribution in [0.2, 0.25) is 0 Å². The number of hydrogen-bond donors (Lipinski definition) is 2. The van der Waals surface area contributed by atoms with E-state index in [2.05, 4.69) is 15.0 Å². The predicted octanol–water partition coefficient (Wildman–Crippen LogP) is 4.26. The Morgan fingerprint density at radius 1 is 1.21 bits per heavy atom. The quantitative estimate of drug-likeness (QED) is 0.468. The highest BCUT2D eigenvalue weighted by Crippen LogP contribution is 2.36. The Morgan fingerprint density at radius 2 is 2.03 bits per heavy atom. The number of benzene rings is 2. The SMILES string of the molecule is NCc1oc(-c2ccc(OC(F)F)c(OCC3CC3)c2)nc1C(=O)NCc1cccc(F)c1. The van der Waals surface area contributed by atoms with Crippen LogP contribution >= 0.6 is 0 Å². The predicted molar refractivity (Wildman–Crippen MR) is 112 cm³/mol. The van der Waals surface area contributed by atoms with Gasteiger partial charge in [0, 0.05) is 12.1 Å². The van der Waals surface area contributed by atoms with Gasteiger partial charge in [-0.05, 0) is 54.7 Å². The zero-order chi connectivity index (χ0) is 23.4. The number of nitrogens with two attached hydrogens (primary N) is 1. The van der Waals surface area contributed by atoms with Gasteiger partial charge in [0.05, 0.1) is 13.2 Å². The molecule has 10 heteroatoms. The number of hydrogen-bond acceptors (Lipinski definition) is 6. The number of ether oxygens (including phenoxy) is 2. The van der Waals surface area contributed by atoms with Crippen molar-refractivity contribution in [1.82, 2.24) is 10.3 Å². The Morgan fingerprint density at radius 3 is 2.73 bits per heavy atom. The number of carbonyl (C=O) groups excluding carboxylic acids is 1. The fourth-order valence-electron chi connectivity index (χ4n) is 3.14. The molecule has 1 heterocycles. The third-order valence-corrected chi connectivity index (χ3v) is 5.02. The first-order chi connectivity index (χ1) is 15.9. The van der Waals surface area contributed by atoms with Gasteiger partial charge in [-0.15, -0.1) is 0 Å². The summed E-state index contributed by atoms with van der Waals surface area (Å²) < 4.78 is 54.7. The zero-order valence-electron chi connectivity index (χ0n) is 17.5. The van der Waals surface area contributed by atoms with E-state index < -0.39 is 18.3 Å². The highest BCUT2D eigenvalue weighted by molar-refractivity contribution is 5.93. The zero-order valence-corrected chi connectivity index (χ0v) is 17.5. The lowest BCUT2D eigenvalue weighted by Gasteiger charge is -2.12. The van der Waals surface area contributed by atoms with Crippen LogP contribution in [0.5, 0.6) is 11.5 Å². The number of nitrogens with zero attached hydrogens (tertiary/aromatic N) is 1. The van der Waals surface area contributed by atoms with Crippen LogP contribution in [0.3, 0.4) is 0 Å². The number of carbonyl (C=O) groups is 1. The monoisotopic (exact) mass is 461 g/mol. The topological polar surface area (TPSA) is 99.6 Å². The molecule has 3 aromatic rings. The van der Waals surface area contributed by atoms with E-state index in [-0.39, 0.29) is 41.9 Å². The molecular formula is C23H22F3N3O4. The van der Waals surface area contributed by atoms with Crippen molar-refractivity contribution in [2.24, 2.45) is 11.7 Å². The van der Waals surface area contributed by atoms with Gasteiger partial charge in [-0.25, -0.2) is 9.37 Å². The van der Waals surface area contributed by atoms with Crippen molar-refractivity contribution >= 4 is 5.91 Å². The minimum absolute atomic E-state index is 0.0164. The molecule has 0 radical (unpaired) electrons. The maximum Gasteiger partial charge on any atom is 0.387 e. The molecule has 0 atom stereocenters. The van der Waals surface area contributed by atoms with E-state index in [0.717, 1.165) is 12.8 Å². The van der Waals surface area contributed by atoms with Gasteiger partial charge < -0.3 is 24.9 Å². The lowest BCUT2D eigenvalue weighted by atomic mass is 10.2. The van der Waals surface area contributed by atoms with Crippen LogP contribution in [-0.2, 0) is 13.1 Å². The number of nitrogens with one attached hydrogen (secondary N) is 1. The van der Waals surface area contributed by atoms with Crippen LogP contribution in [-0.4, -0.2) is 24.1 Å². The van der Waals surface area contributed by atoms with Gasteiger partial charge in [0.1, 0.15) is 5.82 Å². The Bertz CT molecular complexity index is 1130. The van der Waals surface area contributed by atoms with Crippen LogP contribution in [0.1, 0.15) is 34.7 Å². The van der Waals surface area contributed by atoms with Crippen molar-refractivity contribution in [3.05, 3.63) is 65.3 Å². The molecule has 0 saturated heterocycles. The van der Waals surface area contributed by atoms with Crippen LogP contribution in [0.25, 0.3) is 11.5 Å². The fourth-order valence-corrected chi connectivity index (χ4v) is 3.14. The van der Waals surface area contributed by atoms with Gasteiger partial charge in [0.15, 0.2) is 23.0 Å². The molecule has 7 nitrogen and oxygen atoms in total. The Balaban J connectivity index is 1.54. The van der Waals surface area contributed by atoms with Gasteiger partial charge in [0.2, 0.25) is 5.89 Å². The first-order valence-electron chi connectivity index (χ1n) is 10.4. The lowest BCUT2D eigenvalue weighted by molar-refractivity contribution is -0.0515. The van der Waals surface area contributed by atoms with Gasteiger partial charge in [-0.2, -0.15) is 8.78 Å². The number of alkyl halides is 2. The molecule has 174 valence electrons. The number of aromatic nitrogens is 1. The summed E-state index contributed by atoms with van der Waals surface area (Å²) in [6.45, 7) is -2.62. The summed E-state index contributed by atoms with van der Waals surface area (Å²) in [5.74, 6) is -0.310. The largest absolute Gasteiger partial charge is 0.489 e. The van der Waals surface area contributed by atoms with Gasteiger partial charge in [0.25, 0.3) is 5.91 Å². The first-order valence-corrected chi connectivity index (χ1v) is 10.4. The van der Waals surface area contributed by atoms with E-state index in [9.17, 15) is 18.0 Å². The van der Waals surface area contributed by atoms with Crippen molar-refractivity contribution in [2.45, 2.75) is 32.5 Å². The second kappa shape index (κ2) is 9.95. The molecule has 0 spiro atoms. The second-order valence-electron chi connectivity index (χ2n) is 7.60. The number of oxazole rings is 1. The molecule has 1 aliphatic rings. The van der Waals surface area contributed by atoms with Crippen LogP contribution in [0, 0.1) is 11.7 Å². The molecule has 1 aliphatic carbocycles.